The number of nitrogens with zero attached hydrogens (tertiary/aromatic N) is 2. The van der Waals surface area contributed by atoms with Gasteiger partial charge in [-0.05, 0) is 47.7 Å². The lowest BCUT2D eigenvalue weighted by Crippen LogP contribution is -2.41. The molecule has 0 unspecified atom stereocenters. The van der Waals surface area contributed by atoms with Gasteiger partial charge in [0, 0.05) is 11.7 Å². The van der Waals surface area contributed by atoms with Crippen molar-refractivity contribution in [1.82, 2.24) is 14.9 Å². The fraction of sp³-hybridized carbons (Fsp3) is 0.304. The molecule has 1 N–H and O–H groups in total. The van der Waals surface area contributed by atoms with Crippen molar-refractivity contribution in [2.75, 3.05) is 0 Å². The van der Waals surface area contributed by atoms with Crippen LogP contribution in [0.3, 0.4) is 0 Å². The minimum atomic E-state index is -4.76. The zero-order valence-corrected chi connectivity index (χ0v) is 17.7. The van der Waals surface area contributed by atoms with Crippen molar-refractivity contribution < 1.29 is 22.7 Å². The summed E-state index contributed by atoms with van der Waals surface area (Å²) in [6.07, 6.45) is -1.75. The van der Waals surface area contributed by atoms with Crippen LogP contribution in [0.4, 0.5) is 13.2 Å². The molecule has 5 nitrogen and oxygen atoms in total. The molecule has 3 aromatic rings. The van der Waals surface area contributed by atoms with Gasteiger partial charge in [0.1, 0.15) is 11.4 Å². The van der Waals surface area contributed by atoms with Crippen LogP contribution in [0.5, 0.6) is 5.75 Å². The van der Waals surface area contributed by atoms with Crippen molar-refractivity contribution >= 4 is 5.91 Å². The number of rotatable bonds is 5. The Morgan fingerprint density at radius 3 is 2.35 bits per heavy atom. The maximum absolute atomic E-state index is 12.8. The first-order valence-electron chi connectivity index (χ1n) is 9.74. The van der Waals surface area contributed by atoms with E-state index in [1.807, 2.05) is 27.7 Å². The lowest BCUT2D eigenvalue weighted by atomic mass is 9.88. The van der Waals surface area contributed by atoms with Crippen molar-refractivity contribution in [3.63, 3.8) is 0 Å². The number of hydrogen-bond donors (Lipinski definition) is 1. The molecule has 1 amide bonds. The van der Waals surface area contributed by atoms with E-state index < -0.39 is 6.36 Å². The highest BCUT2D eigenvalue weighted by Gasteiger charge is 2.31. The highest BCUT2D eigenvalue weighted by molar-refractivity contribution is 5.93. The Morgan fingerprint density at radius 2 is 1.71 bits per heavy atom. The number of benzene rings is 2. The minimum Gasteiger partial charge on any atom is -0.406 e. The SMILES string of the molecule is C[C@H](NC(=O)c1cncn1-c1cccc(-c2cccc(OC(F)(F)F)c2)c1)C(C)(C)C. The molecular formula is C23H24F3N3O2. The molecule has 164 valence electrons. The molecule has 31 heavy (non-hydrogen) atoms. The number of alkyl halides is 3. The van der Waals surface area contributed by atoms with Gasteiger partial charge in [-0.2, -0.15) is 0 Å². The first kappa shape index (κ1) is 22.4. The molecular weight excluding hydrogens is 407 g/mol. The Morgan fingerprint density at radius 1 is 1.06 bits per heavy atom. The van der Waals surface area contributed by atoms with Crippen LogP contribution in [0.25, 0.3) is 16.8 Å². The highest BCUT2D eigenvalue weighted by atomic mass is 19.4. The van der Waals surface area contributed by atoms with Crippen molar-refractivity contribution in [3.8, 4) is 22.6 Å². The minimum absolute atomic E-state index is 0.0638. The van der Waals surface area contributed by atoms with E-state index in [0.717, 1.165) is 0 Å². The van der Waals surface area contributed by atoms with Crippen LogP contribution in [0.15, 0.2) is 61.1 Å². The summed E-state index contributed by atoms with van der Waals surface area (Å²) in [5.41, 5.74) is 2.14. The lowest BCUT2D eigenvalue weighted by molar-refractivity contribution is -0.274. The molecule has 0 radical (unpaired) electrons. The molecule has 0 saturated heterocycles. The van der Waals surface area contributed by atoms with Crippen molar-refractivity contribution in [1.29, 1.82) is 0 Å². The van der Waals surface area contributed by atoms with Gasteiger partial charge in [-0.1, -0.05) is 45.0 Å². The molecule has 0 spiro atoms. The number of imidazole rings is 1. The summed E-state index contributed by atoms with van der Waals surface area (Å²) in [5.74, 6) is -0.555. The fourth-order valence-corrected chi connectivity index (χ4v) is 2.86. The summed E-state index contributed by atoms with van der Waals surface area (Å²) >= 11 is 0. The lowest BCUT2D eigenvalue weighted by Gasteiger charge is -2.28. The molecule has 0 aliphatic rings. The first-order chi connectivity index (χ1) is 14.4. The molecule has 2 aromatic carbocycles. The summed E-state index contributed by atoms with van der Waals surface area (Å²) in [7, 11) is 0. The van der Waals surface area contributed by atoms with E-state index in [1.54, 1.807) is 34.9 Å². The second-order valence-corrected chi connectivity index (χ2v) is 8.34. The summed E-state index contributed by atoms with van der Waals surface area (Å²) in [4.78, 5) is 16.9. The second-order valence-electron chi connectivity index (χ2n) is 8.34. The zero-order valence-electron chi connectivity index (χ0n) is 17.7. The highest BCUT2D eigenvalue weighted by Crippen LogP contribution is 2.29. The topological polar surface area (TPSA) is 56.2 Å². The van der Waals surface area contributed by atoms with Gasteiger partial charge in [-0.25, -0.2) is 4.98 Å². The number of hydrogen-bond acceptors (Lipinski definition) is 3. The van der Waals surface area contributed by atoms with E-state index in [2.05, 4.69) is 15.0 Å². The molecule has 0 aliphatic carbocycles. The third-order valence-electron chi connectivity index (χ3n) is 5.04. The predicted octanol–water partition coefficient (Wildman–Crippen LogP) is 5.60. The number of nitrogens with one attached hydrogen (secondary N) is 1. The molecule has 0 bridgehead atoms. The number of ether oxygens (including phenoxy) is 1. The Balaban J connectivity index is 1.90. The van der Waals surface area contributed by atoms with E-state index in [-0.39, 0.29) is 23.1 Å². The first-order valence-corrected chi connectivity index (χ1v) is 9.74. The van der Waals surface area contributed by atoms with E-state index >= 15 is 0 Å². The van der Waals surface area contributed by atoms with Gasteiger partial charge in [0.15, 0.2) is 0 Å². The molecule has 3 rings (SSSR count). The number of halogens is 3. The monoisotopic (exact) mass is 431 g/mol. The third-order valence-corrected chi connectivity index (χ3v) is 5.04. The van der Waals surface area contributed by atoms with Crippen LogP contribution < -0.4 is 10.1 Å². The van der Waals surface area contributed by atoms with Crippen LogP contribution >= 0.6 is 0 Å². The largest absolute Gasteiger partial charge is 0.573 e. The molecule has 1 heterocycles. The van der Waals surface area contributed by atoms with E-state index in [9.17, 15) is 18.0 Å². The normalized spacial score (nSPS) is 13.0. The zero-order chi connectivity index (χ0) is 22.8. The fourth-order valence-electron chi connectivity index (χ4n) is 2.86. The molecule has 1 aromatic heterocycles. The van der Waals surface area contributed by atoms with E-state index in [0.29, 0.717) is 22.5 Å². The molecule has 1 atom stereocenters. The molecule has 0 fully saturated rings. The Bertz CT molecular complexity index is 1070. The quantitative estimate of drug-likeness (QED) is 0.572. The van der Waals surface area contributed by atoms with Crippen LogP contribution in [0, 0.1) is 5.41 Å². The smallest absolute Gasteiger partial charge is 0.406 e. The van der Waals surface area contributed by atoms with Crippen LogP contribution in [-0.2, 0) is 0 Å². The van der Waals surface area contributed by atoms with E-state index in [4.69, 9.17) is 0 Å². The number of carbonyl (C=O) groups is 1. The summed E-state index contributed by atoms with van der Waals surface area (Å²) in [6, 6.07) is 12.8. The Labute approximate surface area is 178 Å². The Hall–Kier alpha value is -3.29. The molecule has 0 saturated carbocycles. The average Bonchev–Trinajstić information content (AvgIpc) is 3.16. The third kappa shape index (κ3) is 5.65. The van der Waals surface area contributed by atoms with Crippen LogP contribution in [-0.4, -0.2) is 27.9 Å². The Kier molecular flexibility index (Phi) is 6.10. The molecule has 0 aliphatic heterocycles. The number of carbonyl (C=O) groups excluding carboxylic acids is 1. The van der Waals surface area contributed by atoms with Gasteiger partial charge >= 0.3 is 6.36 Å². The maximum atomic E-state index is 12.8. The summed E-state index contributed by atoms with van der Waals surface area (Å²) in [5, 5.41) is 2.99. The van der Waals surface area contributed by atoms with Crippen LogP contribution in [0.1, 0.15) is 38.2 Å². The number of aromatic nitrogens is 2. The van der Waals surface area contributed by atoms with E-state index in [1.165, 1.54) is 30.7 Å². The van der Waals surface area contributed by atoms with Gasteiger partial charge in [0.05, 0.1) is 12.5 Å². The van der Waals surface area contributed by atoms with Gasteiger partial charge < -0.3 is 10.1 Å². The predicted molar refractivity (Wildman–Crippen MR) is 112 cm³/mol. The summed E-state index contributed by atoms with van der Waals surface area (Å²) < 4.78 is 43.3. The summed E-state index contributed by atoms with van der Waals surface area (Å²) in [6.45, 7) is 8.05. The van der Waals surface area contributed by atoms with Gasteiger partial charge in [-0.3, -0.25) is 9.36 Å². The maximum Gasteiger partial charge on any atom is 0.573 e. The van der Waals surface area contributed by atoms with Gasteiger partial charge in [0.25, 0.3) is 5.91 Å². The molecule has 8 heteroatoms. The van der Waals surface area contributed by atoms with Gasteiger partial charge in [0.2, 0.25) is 0 Å². The van der Waals surface area contributed by atoms with Crippen molar-refractivity contribution in [2.45, 2.75) is 40.1 Å². The van der Waals surface area contributed by atoms with Gasteiger partial charge in [-0.15, -0.1) is 13.2 Å². The standard InChI is InChI=1S/C23H24F3N3O2/c1-15(22(2,3)4)28-21(30)20-13-27-14-29(20)18-9-5-7-16(11-18)17-8-6-10-19(12-17)31-23(24,25)26/h5-15H,1-4H3,(H,28,30)/t15-/m0/s1. The van der Waals surface area contributed by atoms with Crippen molar-refractivity contribution in [2.24, 2.45) is 5.41 Å². The average molecular weight is 431 g/mol. The second kappa shape index (κ2) is 8.45. The van der Waals surface area contributed by atoms with Crippen molar-refractivity contribution in [3.05, 3.63) is 66.7 Å². The van der Waals surface area contributed by atoms with Crippen LogP contribution in [0.2, 0.25) is 0 Å². The number of amides is 1.